The van der Waals surface area contributed by atoms with Crippen LogP contribution >= 0.6 is 0 Å². The molecule has 0 radical (unpaired) electrons. The number of hydrogen-bond acceptors (Lipinski definition) is 7. The standard InChI is InChI=1S/C20H16N4O6S2/c21-12-14(20(25)24-15-3-8-18(9-4-15)32(23,28)29)11-16-5-10-19(30-16)13-1-6-17(7-2-13)31(22,26)27/h1-11H,(H,24,25)(H2,22,26,27)(H2,23,28,29)/b14-11+. The Morgan fingerprint density at radius 3 is 1.91 bits per heavy atom. The molecular weight excluding hydrogens is 456 g/mol. The third-order valence-electron chi connectivity index (χ3n) is 4.19. The highest BCUT2D eigenvalue weighted by atomic mass is 32.2. The van der Waals surface area contributed by atoms with Gasteiger partial charge in [-0.3, -0.25) is 4.79 Å². The highest BCUT2D eigenvalue weighted by Gasteiger charge is 2.13. The summed E-state index contributed by atoms with van der Waals surface area (Å²) in [6, 6.07) is 15.7. The third kappa shape index (κ3) is 5.48. The lowest BCUT2D eigenvalue weighted by molar-refractivity contribution is -0.112. The van der Waals surface area contributed by atoms with E-state index in [-0.39, 0.29) is 26.8 Å². The summed E-state index contributed by atoms with van der Waals surface area (Å²) in [6.07, 6.45) is 1.23. The van der Waals surface area contributed by atoms with Gasteiger partial charge in [0.2, 0.25) is 20.0 Å². The molecule has 0 fully saturated rings. The molecule has 10 nitrogen and oxygen atoms in total. The van der Waals surface area contributed by atoms with Crippen LogP contribution in [0.25, 0.3) is 17.4 Å². The molecule has 5 N–H and O–H groups in total. The number of primary sulfonamides is 2. The lowest BCUT2D eigenvalue weighted by Crippen LogP contribution is -2.14. The van der Waals surface area contributed by atoms with Crippen LogP contribution in [-0.4, -0.2) is 22.7 Å². The van der Waals surface area contributed by atoms with Gasteiger partial charge in [0.15, 0.2) is 0 Å². The summed E-state index contributed by atoms with van der Waals surface area (Å²) >= 11 is 0. The van der Waals surface area contributed by atoms with Gasteiger partial charge in [0.25, 0.3) is 5.91 Å². The Morgan fingerprint density at radius 2 is 1.41 bits per heavy atom. The second-order valence-electron chi connectivity index (χ2n) is 6.46. The first-order chi connectivity index (χ1) is 15.0. The van der Waals surface area contributed by atoms with Gasteiger partial charge in [-0.25, -0.2) is 27.1 Å². The Bertz CT molecular complexity index is 1450. The van der Waals surface area contributed by atoms with E-state index in [1.54, 1.807) is 12.1 Å². The van der Waals surface area contributed by atoms with E-state index < -0.39 is 26.0 Å². The minimum absolute atomic E-state index is 0.0477. The van der Waals surface area contributed by atoms with Gasteiger partial charge >= 0.3 is 0 Å². The van der Waals surface area contributed by atoms with Crippen LogP contribution in [0.1, 0.15) is 5.76 Å². The second kappa shape index (κ2) is 8.77. The van der Waals surface area contributed by atoms with Crippen LogP contribution in [0.5, 0.6) is 0 Å². The first kappa shape index (κ1) is 22.9. The van der Waals surface area contributed by atoms with E-state index in [4.69, 9.17) is 14.7 Å². The molecule has 0 saturated heterocycles. The Morgan fingerprint density at radius 1 is 0.875 bits per heavy atom. The van der Waals surface area contributed by atoms with Crippen molar-refractivity contribution < 1.29 is 26.0 Å². The van der Waals surface area contributed by atoms with Gasteiger partial charge in [-0.2, -0.15) is 5.26 Å². The van der Waals surface area contributed by atoms with Crippen LogP contribution in [-0.2, 0) is 24.8 Å². The number of carbonyl (C=O) groups is 1. The van der Waals surface area contributed by atoms with Crippen molar-refractivity contribution in [2.24, 2.45) is 10.3 Å². The molecule has 12 heteroatoms. The summed E-state index contributed by atoms with van der Waals surface area (Å²) < 4.78 is 50.9. The number of carbonyl (C=O) groups excluding carboxylic acids is 1. The van der Waals surface area contributed by atoms with Crippen LogP contribution in [0.2, 0.25) is 0 Å². The summed E-state index contributed by atoms with van der Waals surface area (Å²) in [5.41, 5.74) is 0.569. The number of anilines is 1. The zero-order valence-corrected chi connectivity index (χ0v) is 17.9. The Kier molecular flexibility index (Phi) is 6.28. The molecule has 0 aliphatic heterocycles. The summed E-state index contributed by atoms with van der Waals surface area (Å²) in [4.78, 5) is 12.2. The van der Waals surface area contributed by atoms with E-state index in [0.717, 1.165) is 0 Å². The lowest BCUT2D eigenvalue weighted by atomic mass is 10.2. The predicted octanol–water partition coefficient (Wildman–Crippen LogP) is 1.79. The van der Waals surface area contributed by atoms with Gasteiger partial charge in [-0.1, -0.05) is 0 Å². The average Bonchev–Trinajstić information content (AvgIpc) is 3.20. The fourth-order valence-electron chi connectivity index (χ4n) is 2.61. The van der Waals surface area contributed by atoms with Crippen molar-refractivity contribution in [3.05, 3.63) is 72.0 Å². The van der Waals surface area contributed by atoms with Gasteiger partial charge in [-0.15, -0.1) is 0 Å². The third-order valence-corrected chi connectivity index (χ3v) is 6.05. The molecule has 1 aromatic heterocycles. The van der Waals surface area contributed by atoms with Crippen molar-refractivity contribution >= 4 is 37.7 Å². The number of nitrogens with one attached hydrogen (secondary N) is 1. The Labute approximate surface area is 183 Å². The fraction of sp³-hybridized carbons (Fsp3) is 0. The number of hydrogen-bond donors (Lipinski definition) is 3. The smallest absolute Gasteiger partial charge is 0.266 e. The summed E-state index contributed by atoms with van der Waals surface area (Å²) in [6.45, 7) is 0. The van der Waals surface area contributed by atoms with E-state index in [0.29, 0.717) is 11.3 Å². The van der Waals surface area contributed by atoms with Crippen LogP contribution in [0.3, 0.4) is 0 Å². The summed E-state index contributed by atoms with van der Waals surface area (Å²) in [7, 11) is -7.68. The van der Waals surface area contributed by atoms with Crippen molar-refractivity contribution in [1.29, 1.82) is 5.26 Å². The normalized spacial score (nSPS) is 12.2. The number of furan rings is 1. The monoisotopic (exact) mass is 472 g/mol. The van der Waals surface area contributed by atoms with Crippen molar-refractivity contribution in [3.63, 3.8) is 0 Å². The lowest BCUT2D eigenvalue weighted by Gasteiger charge is -2.05. The molecule has 1 amide bonds. The molecule has 0 unspecified atom stereocenters. The number of nitrogens with two attached hydrogens (primary N) is 2. The molecular formula is C20H16N4O6S2. The molecule has 3 aromatic rings. The number of rotatable bonds is 6. The molecule has 164 valence electrons. The first-order valence-electron chi connectivity index (χ1n) is 8.76. The minimum Gasteiger partial charge on any atom is -0.457 e. The van der Waals surface area contributed by atoms with Gasteiger partial charge < -0.3 is 9.73 Å². The molecule has 0 aliphatic rings. The van der Waals surface area contributed by atoms with Crippen molar-refractivity contribution in [2.75, 3.05) is 5.32 Å². The number of sulfonamides is 2. The Balaban J connectivity index is 1.77. The van der Waals surface area contributed by atoms with Gasteiger partial charge in [0, 0.05) is 17.3 Å². The maximum absolute atomic E-state index is 12.4. The van der Waals surface area contributed by atoms with E-state index >= 15 is 0 Å². The molecule has 0 spiro atoms. The minimum atomic E-state index is -3.86. The van der Waals surface area contributed by atoms with Crippen molar-refractivity contribution in [3.8, 4) is 17.4 Å². The number of benzene rings is 2. The van der Waals surface area contributed by atoms with Gasteiger partial charge in [0.05, 0.1) is 9.79 Å². The zero-order chi connectivity index (χ0) is 23.5. The molecule has 0 bridgehead atoms. The topological polar surface area (TPSA) is 186 Å². The van der Waals surface area contributed by atoms with Gasteiger partial charge in [-0.05, 0) is 60.7 Å². The van der Waals surface area contributed by atoms with Crippen LogP contribution < -0.4 is 15.6 Å². The predicted molar refractivity (Wildman–Crippen MR) is 116 cm³/mol. The van der Waals surface area contributed by atoms with Crippen molar-refractivity contribution in [1.82, 2.24) is 0 Å². The SMILES string of the molecule is N#C/C(=C\c1ccc(-c2ccc(S(N)(=O)=O)cc2)o1)C(=O)Nc1ccc(S(N)(=O)=O)cc1. The largest absolute Gasteiger partial charge is 0.457 e. The molecule has 3 rings (SSSR count). The quantitative estimate of drug-likeness (QED) is 0.360. The van der Waals surface area contributed by atoms with E-state index in [2.05, 4.69) is 5.32 Å². The maximum Gasteiger partial charge on any atom is 0.266 e. The van der Waals surface area contributed by atoms with E-state index in [1.807, 2.05) is 0 Å². The fourth-order valence-corrected chi connectivity index (χ4v) is 3.64. The maximum atomic E-state index is 12.4. The van der Waals surface area contributed by atoms with Crippen LogP contribution in [0.15, 0.2) is 80.4 Å². The Hall–Kier alpha value is -3.76. The molecule has 2 aromatic carbocycles. The molecule has 1 heterocycles. The van der Waals surface area contributed by atoms with Gasteiger partial charge in [0.1, 0.15) is 23.2 Å². The summed E-state index contributed by atoms with van der Waals surface area (Å²) in [5, 5.41) is 21.9. The zero-order valence-electron chi connectivity index (χ0n) is 16.2. The molecule has 0 saturated carbocycles. The van der Waals surface area contributed by atoms with E-state index in [9.17, 15) is 26.9 Å². The van der Waals surface area contributed by atoms with Crippen molar-refractivity contribution in [2.45, 2.75) is 9.79 Å². The summed E-state index contributed by atoms with van der Waals surface area (Å²) in [5.74, 6) is -0.133. The molecule has 0 atom stereocenters. The molecule has 32 heavy (non-hydrogen) atoms. The van der Waals surface area contributed by atoms with E-state index in [1.165, 1.54) is 60.7 Å². The highest BCUT2D eigenvalue weighted by Crippen LogP contribution is 2.25. The van der Waals surface area contributed by atoms with Crippen LogP contribution in [0.4, 0.5) is 5.69 Å². The average molecular weight is 473 g/mol. The van der Waals surface area contributed by atoms with Crippen LogP contribution in [0, 0.1) is 11.3 Å². The molecule has 0 aliphatic carbocycles. The highest BCUT2D eigenvalue weighted by molar-refractivity contribution is 7.89. The number of amides is 1. The number of nitrogens with zero attached hydrogens (tertiary/aromatic N) is 1. The first-order valence-corrected chi connectivity index (χ1v) is 11.9. The second-order valence-corrected chi connectivity index (χ2v) is 9.59. The number of nitriles is 1.